The number of carbonyl (C=O) groups excluding carboxylic acids is 1. The fourth-order valence-electron chi connectivity index (χ4n) is 3.54. The normalized spacial score (nSPS) is 18.8. The number of benzene rings is 2. The fraction of sp³-hybridized carbons (Fsp3) is 0.400. The van der Waals surface area contributed by atoms with Crippen LogP contribution in [0.25, 0.3) is 0 Å². The minimum Gasteiger partial charge on any atom is -0.480 e. The zero-order valence-corrected chi connectivity index (χ0v) is 18.7. The highest BCUT2D eigenvalue weighted by molar-refractivity contribution is 6.06. The number of carbonyl (C=O) groups is 1. The number of aliphatic imine (C=N–C) groups is 2. The maximum atomic E-state index is 12.4. The number of hydrogen-bond acceptors (Lipinski definition) is 6. The van der Waals surface area contributed by atoms with E-state index in [-0.39, 0.29) is 31.1 Å². The number of ether oxygens (including phenoxy) is 2. The van der Waals surface area contributed by atoms with Crippen LogP contribution in [-0.4, -0.2) is 36.1 Å². The summed E-state index contributed by atoms with van der Waals surface area (Å²) in [5, 5.41) is 13.2. The minimum atomic E-state index is -1.39. The molecule has 7 heteroatoms. The lowest BCUT2D eigenvalue weighted by Gasteiger charge is -2.33. The van der Waals surface area contributed by atoms with Crippen LogP contribution in [0.5, 0.6) is 0 Å². The Hall–Kier alpha value is -3.19. The number of nitrogens with one attached hydrogen (secondary N) is 1. The summed E-state index contributed by atoms with van der Waals surface area (Å²) in [6.45, 7) is 4.29. The van der Waals surface area contributed by atoms with Gasteiger partial charge in [-0.25, -0.2) is 4.99 Å². The van der Waals surface area contributed by atoms with Crippen molar-refractivity contribution in [1.29, 1.82) is 0 Å². The van der Waals surface area contributed by atoms with Crippen LogP contribution in [-0.2, 0) is 20.1 Å². The van der Waals surface area contributed by atoms with E-state index >= 15 is 0 Å². The molecule has 0 radical (unpaired) electrons. The van der Waals surface area contributed by atoms with Gasteiger partial charge in [0.2, 0.25) is 0 Å². The number of nitrogens with zero attached hydrogens (tertiary/aromatic N) is 2. The van der Waals surface area contributed by atoms with E-state index in [1.807, 2.05) is 67.6 Å². The highest BCUT2D eigenvalue weighted by Gasteiger charge is 2.38. The molecule has 2 aromatic rings. The van der Waals surface area contributed by atoms with Gasteiger partial charge < -0.3 is 14.6 Å². The van der Waals surface area contributed by atoms with Gasteiger partial charge in [0.1, 0.15) is 6.61 Å². The second-order valence-electron chi connectivity index (χ2n) is 7.64. The third kappa shape index (κ3) is 5.95. The van der Waals surface area contributed by atoms with Gasteiger partial charge in [0, 0.05) is 11.1 Å². The quantitative estimate of drug-likeness (QED) is 0.398. The van der Waals surface area contributed by atoms with Gasteiger partial charge in [-0.3, -0.25) is 10.1 Å². The molecule has 1 heterocycles. The maximum Gasteiger partial charge on any atom is 0.308 e. The van der Waals surface area contributed by atoms with Crippen LogP contribution >= 0.6 is 0 Å². The zero-order valence-electron chi connectivity index (χ0n) is 18.7. The molecule has 3 rings (SSSR count). The van der Waals surface area contributed by atoms with Crippen molar-refractivity contribution in [2.75, 3.05) is 13.2 Å². The first kappa shape index (κ1) is 23.5. The molecule has 1 aliphatic rings. The van der Waals surface area contributed by atoms with Crippen LogP contribution in [0.2, 0.25) is 0 Å². The summed E-state index contributed by atoms with van der Waals surface area (Å²) in [5.74, 6) is -1.34. The molecule has 7 nitrogen and oxygen atoms in total. The number of unbranched alkanes of at least 4 members (excludes halogenated alkanes) is 1. The average Bonchev–Trinajstić information content (AvgIpc) is 2.83. The number of rotatable bonds is 11. The summed E-state index contributed by atoms with van der Waals surface area (Å²) in [6.07, 6.45) is 3.63. The number of hydrogen-bond donors (Lipinski definition) is 2. The second-order valence-corrected chi connectivity index (χ2v) is 7.64. The highest BCUT2D eigenvalue weighted by Crippen LogP contribution is 2.28. The van der Waals surface area contributed by atoms with E-state index in [0.29, 0.717) is 11.4 Å². The smallest absolute Gasteiger partial charge is 0.308 e. The Morgan fingerprint density at radius 3 is 2.41 bits per heavy atom. The Morgan fingerprint density at radius 2 is 1.75 bits per heavy atom. The number of aliphatic hydroxyl groups is 1. The summed E-state index contributed by atoms with van der Waals surface area (Å²) in [5.41, 5.74) is 1.44. The van der Waals surface area contributed by atoms with Crippen molar-refractivity contribution in [3.63, 3.8) is 0 Å². The van der Waals surface area contributed by atoms with Crippen LogP contribution in [0.1, 0.15) is 50.7 Å². The molecule has 2 aromatic carbocycles. The number of aliphatic hydroxyl groups excluding tert-OH is 1. The SMILES string of the molecule is CCCCC(CC)C(=O)OCCOC1(c2ccccc2)N=C(c2ccccc2)N=C(O)N1. The Labute approximate surface area is 189 Å². The predicted molar refractivity (Wildman–Crippen MR) is 125 cm³/mol. The predicted octanol–water partition coefficient (Wildman–Crippen LogP) is 4.54. The van der Waals surface area contributed by atoms with Crippen LogP contribution in [0, 0.1) is 5.92 Å². The standard InChI is InChI=1S/C25H31N3O4/c1-3-5-12-19(4-2)23(29)31-17-18-32-25(21-15-10-7-11-16-21)27-22(26-24(30)28-25)20-13-8-6-9-14-20/h6-11,13-16,19H,3-5,12,17-18H2,1-2H3,(H2,26,27,28,30). The van der Waals surface area contributed by atoms with Crippen molar-refractivity contribution in [1.82, 2.24) is 5.32 Å². The Bertz CT molecular complexity index is 931. The molecule has 0 fully saturated rings. The summed E-state index contributed by atoms with van der Waals surface area (Å²) in [4.78, 5) is 21.2. The first-order chi connectivity index (χ1) is 15.6. The summed E-state index contributed by atoms with van der Waals surface area (Å²) in [6, 6.07) is 18.4. The van der Waals surface area contributed by atoms with Crippen LogP contribution in [0.4, 0.5) is 0 Å². The molecule has 0 saturated carbocycles. The van der Waals surface area contributed by atoms with Gasteiger partial charge in [0.15, 0.2) is 5.84 Å². The molecule has 1 aliphatic heterocycles. The molecule has 0 bridgehead atoms. The Kier molecular flexibility index (Phi) is 8.39. The van der Waals surface area contributed by atoms with E-state index in [0.717, 1.165) is 31.2 Å². The van der Waals surface area contributed by atoms with E-state index in [1.54, 1.807) is 0 Å². The van der Waals surface area contributed by atoms with Gasteiger partial charge in [0.25, 0.3) is 11.9 Å². The number of amidine groups is 2. The largest absolute Gasteiger partial charge is 0.480 e. The van der Waals surface area contributed by atoms with Crippen molar-refractivity contribution in [2.45, 2.75) is 45.4 Å². The van der Waals surface area contributed by atoms with Gasteiger partial charge in [-0.1, -0.05) is 87.4 Å². The van der Waals surface area contributed by atoms with Crippen LogP contribution in [0.15, 0.2) is 70.6 Å². The monoisotopic (exact) mass is 437 g/mol. The summed E-state index contributed by atoms with van der Waals surface area (Å²) < 4.78 is 11.6. The van der Waals surface area contributed by atoms with E-state index in [4.69, 9.17) is 14.5 Å². The van der Waals surface area contributed by atoms with Gasteiger partial charge in [-0.2, -0.15) is 4.99 Å². The molecule has 0 spiro atoms. The Morgan fingerprint density at radius 1 is 1.06 bits per heavy atom. The zero-order chi connectivity index (χ0) is 22.8. The molecule has 2 atom stereocenters. The minimum absolute atomic E-state index is 0.0891. The lowest BCUT2D eigenvalue weighted by atomic mass is 10.00. The molecule has 170 valence electrons. The van der Waals surface area contributed by atoms with Crippen molar-refractivity contribution < 1.29 is 19.4 Å². The third-order valence-electron chi connectivity index (χ3n) is 5.32. The summed E-state index contributed by atoms with van der Waals surface area (Å²) >= 11 is 0. The van der Waals surface area contributed by atoms with E-state index in [2.05, 4.69) is 17.2 Å². The molecular formula is C25H31N3O4. The van der Waals surface area contributed by atoms with Crippen molar-refractivity contribution in [2.24, 2.45) is 15.9 Å². The van der Waals surface area contributed by atoms with Crippen LogP contribution < -0.4 is 5.32 Å². The summed E-state index contributed by atoms with van der Waals surface area (Å²) in [7, 11) is 0. The molecule has 32 heavy (non-hydrogen) atoms. The number of esters is 1. The molecule has 0 aliphatic carbocycles. The van der Waals surface area contributed by atoms with E-state index in [1.165, 1.54) is 0 Å². The van der Waals surface area contributed by atoms with Crippen molar-refractivity contribution in [3.05, 3.63) is 71.8 Å². The third-order valence-corrected chi connectivity index (χ3v) is 5.32. The van der Waals surface area contributed by atoms with E-state index in [9.17, 15) is 9.90 Å². The Balaban J connectivity index is 1.75. The molecule has 2 unspecified atom stereocenters. The molecule has 0 saturated heterocycles. The van der Waals surface area contributed by atoms with Crippen LogP contribution in [0.3, 0.4) is 0 Å². The molecule has 2 N–H and O–H groups in total. The first-order valence-corrected chi connectivity index (χ1v) is 11.1. The first-order valence-electron chi connectivity index (χ1n) is 11.1. The van der Waals surface area contributed by atoms with Crippen molar-refractivity contribution in [3.8, 4) is 0 Å². The van der Waals surface area contributed by atoms with Gasteiger partial charge in [-0.15, -0.1) is 0 Å². The van der Waals surface area contributed by atoms with Gasteiger partial charge in [0.05, 0.1) is 12.5 Å². The molecular weight excluding hydrogens is 406 g/mol. The maximum absolute atomic E-state index is 12.4. The average molecular weight is 438 g/mol. The van der Waals surface area contributed by atoms with E-state index < -0.39 is 5.85 Å². The lowest BCUT2D eigenvalue weighted by Crippen LogP contribution is -2.50. The second kappa shape index (κ2) is 11.4. The fourth-order valence-corrected chi connectivity index (χ4v) is 3.54. The highest BCUT2D eigenvalue weighted by atomic mass is 16.6. The molecule has 0 amide bonds. The molecule has 0 aromatic heterocycles. The van der Waals surface area contributed by atoms with Crippen molar-refractivity contribution >= 4 is 17.8 Å². The lowest BCUT2D eigenvalue weighted by molar-refractivity contribution is -0.154. The topological polar surface area (TPSA) is 92.5 Å². The van der Waals surface area contributed by atoms with Gasteiger partial charge in [-0.05, 0) is 12.8 Å². The van der Waals surface area contributed by atoms with Gasteiger partial charge >= 0.3 is 5.97 Å².